The number of hydrogen-bond acceptors (Lipinski definition) is 4. The lowest BCUT2D eigenvalue weighted by Gasteiger charge is -2.22. The molecule has 0 aromatic heterocycles. The number of Topliss-reactive ketones (excluding diaryl/α,β-unsaturated/α-hetero) is 1. The van der Waals surface area contributed by atoms with Gasteiger partial charge in [0.1, 0.15) is 0 Å². The Bertz CT molecular complexity index is 372. The van der Waals surface area contributed by atoms with Gasteiger partial charge in [-0.1, -0.05) is 19.3 Å². The van der Waals surface area contributed by atoms with Gasteiger partial charge in [0.2, 0.25) is 0 Å². The smallest absolute Gasteiger partial charge is 0.184 e. The molecule has 0 aromatic rings. The second-order valence-electron chi connectivity index (χ2n) is 5.49. The van der Waals surface area contributed by atoms with Crippen molar-refractivity contribution in [3.05, 3.63) is 0 Å². The summed E-state index contributed by atoms with van der Waals surface area (Å²) >= 11 is 3.35. The van der Waals surface area contributed by atoms with Crippen LogP contribution in [0, 0.1) is 5.92 Å². The van der Waals surface area contributed by atoms with Gasteiger partial charge in [-0.2, -0.15) is 0 Å². The summed E-state index contributed by atoms with van der Waals surface area (Å²) in [5, 5.41) is 0.170. The highest BCUT2D eigenvalue weighted by atomic mass is 32.2. The summed E-state index contributed by atoms with van der Waals surface area (Å²) in [5.41, 5.74) is 0. The molecule has 0 aliphatic heterocycles. The highest BCUT2D eigenvalue weighted by Crippen LogP contribution is 2.24. The molecule has 6 heteroatoms. The van der Waals surface area contributed by atoms with Gasteiger partial charge in [-0.25, -0.2) is 8.42 Å². The van der Waals surface area contributed by atoms with Gasteiger partial charge in [-0.05, 0) is 44.2 Å². The normalized spacial score (nSPS) is 25.6. The molecule has 0 N–H and O–H groups in total. The van der Waals surface area contributed by atoms with Crippen molar-refractivity contribution in [2.45, 2.75) is 63.0 Å². The number of carbonyl (C=O) groups excluding carboxylic acids is 1. The van der Waals surface area contributed by atoms with E-state index in [-0.39, 0.29) is 16.9 Å². The average Bonchev–Trinajstić information content (AvgIpc) is 2.33. The fourth-order valence-corrected chi connectivity index (χ4v) is 3.88. The van der Waals surface area contributed by atoms with Crippen molar-refractivity contribution in [2.24, 2.45) is 5.92 Å². The number of rotatable bonds is 2. The van der Waals surface area contributed by atoms with Crippen LogP contribution in [0.25, 0.3) is 0 Å². The van der Waals surface area contributed by atoms with E-state index in [9.17, 15) is 17.8 Å². The van der Waals surface area contributed by atoms with Crippen molar-refractivity contribution in [3.8, 4) is 0 Å². The Labute approximate surface area is 121 Å². The molecule has 0 radical (unpaired) electrons. The summed E-state index contributed by atoms with van der Waals surface area (Å²) in [4.78, 5) is 10.7. The minimum Gasteiger partial charge on any atom is -0.748 e. The third kappa shape index (κ3) is 7.95. The molecule has 4 nitrogen and oxygen atoms in total. The van der Waals surface area contributed by atoms with Crippen molar-refractivity contribution in [3.63, 3.8) is 0 Å². The molecule has 2 saturated carbocycles. The second kappa shape index (κ2) is 8.27. The summed E-state index contributed by atoms with van der Waals surface area (Å²) in [6.07, 6.45) is 9.32. The molecule has 0 amide bonds. The third-order valence-corrected chi connectivity index (χ3v) is 5.21. The Kier molecular flexibility index (Phi) is 7.39. The van der Waals surface area contributed by atoms with Crippen molar-refractivity contribution in [2.75, 3.05) is 5.75 Å². The molecule has 0 heterocycles. The Hall–Kier alpha value is -0.0700. The molecule has 2 rings (SSSR count). The van der Waals surface area contributed by atoms with Gasteiger partial charge in [-0.15, -0.1) is 0 Å². The van der Waals surface area contributed by atoms with Crippen LogP contribution < -0.4 is 0 Å². The summed E-state index contributed by atoms with van der Waals surface area (Å²) in [5.74, 6) is 0.381. The zero-order valence-corrected chi connectivity index (χ0v) is 13.1. The molecule has 19 heavy (non-hydrogen) atoms. The minimum atomic E-state index is -3.97. The fourth-order valence-electron chi connectivity index (χ4n) is 2.63. The Morgan fingerprint density at radius 1 is 1.05 bits per heavy atom. The first-order valence-electron chi connectivity index (χ1n) is 7.06. The Morgan fingerprint density at radius 2 is 1.63 bits per heavy atom. The first-order chi connectivity index (χ1) is 8.88. The summed E-state index contributed by atoms with van der Waals surface area (Å²) in [6, 6.07) is 0. The van der Waals surface area contributed by atoms with Crippen LogP contribution in [0.4, 0.5) is 0 Å². The van der Waals surface area contributed by atoms with Crippen LogP contribution in [0.1, 0.15) is 57.8 Å². The van der Waals surface area contributed by atoms with Crippen LogP contribution in [0.5, 0.6) is 0 Å². The van der Waals surface area contributed by atoms with Crippen molar-refractivity contribution < 1.29 is 17.8 Å². The SMILES string of the molecule is O=C1CCCCC1[SH2+].O=S(=O)([O-])CC1CCCCC1. The van der Waals surface area contributed by atoms with Gasteiger partial charge in [-0.3, -0.25) is 4.79 Å². The van der Waals surface area contributed by atoms with Crippen LogP contribution in [0.3, 0.4) is 0 Å². The molecule has 2 aliphatic carbocycles. The van der Waals surface area contributed by atoms with Crippen LogP contribution in [0.2, 0.25) is 0 Å². The highest BCUT2D eigenvalue weighted by molar-refractivity contribution is 7.85. The third-order valence-electron chi connectivity index (χ3n) is 3.72. The van der Waals surface area contributed by atoms with Gasteiger partial charge in [0.25, 0.3) is 0 Å². The molecular formula is C13H24O4S2. The lowest BCUT2D eigenvalue weighted by Crippen LogP contribution is -2.21. The molecule has 0 aromatic carbocycles. The summed E-state index contributed by atoms with van der Waals surface area (Å²) in [6.45, 7) is 0. The predicted molar refractivity (Wildman–Crippen MR) is 78.6 cm³/mol. The van der Waals surface area contributed by atoms with E-state index >= 15 is 0 Å². The zero-order chi connectivity index (χ0) is 14.3. The second-order valence-corrected chi connectivity index (χ2v) is 7.64. The number of hydrogen-bond donors (Lipinski definition) is 0. The van der Waals surface area contributed by atoms with Gasteiger partial charge in [0.15, 0.2) is 11.0 Å². The van der Waals surface area contributed by atoms with E-state index in [1.807, 2.05) is 0 Å². The molecule has 2 fully saturated rings. The maximum Gasteiger partial charge on any atom is 0.184 e. The fraction of sp³-hybridized carbons (Fsp3) is 0.923. The zero-order valence-electron chi connectivity index (χ0n) is 11.3. The van der Waals surface area contributed by atoms with E-state index in [2.05, 4.69) is 12.6 Å². The largest absolute Gasteiger partial charge is 0.748 e. The maximum atomic E-state index is 10.7. The van der Waals surface area contributed by atoms with Crippen LogP contribution in [-0.4, -0.2) is 29.8 Å². The van der Waals surface area contributed by atoms with Gasteiger partial charge in [0.05, 0.1) is 10.1 Å². The lowest BCUT2D eigenvalue weighted by molar-refractivity contribution is -0.119. The standard InChI is InChI=1S/C7H14O3S.C6H10OS/c8-11(9,10)6-7-4-2-1-3-5-7;7-5-3-1-2-4-6(5)8/h7H,1-6H2,(H,8,9,10);6,8H,1-4H2. The molecule has 0 spiro atoms. The molecule has 2 aliphatic rings. The summed E-state index contributed by atoms with van der Waals surface area (Å²) in [7, 11) is -3.97. The molecule has 112 valence electrons. The van der Waals surface area contributed by atoms with Crippen LogP contribution in [0.15, 0.2) is 0 Å². The maximum absolute atomic E-state index is 10.7. The molecule has 1 atom stereocenters. The van der Waals surface area contributed by atoms with Crippen molar-refractivity contribution in [1.29, 1.82) is 0 Å². The Balaban J connectivity index is 0.000000200. The highest BCUT2D eigenvalue weighted by Gasteiger charge is 2.22. The predicted octanol–water partition coefficient (Wildman–Crippen LogP) is 1.62. The van der Waals surface area contributed by atoms with Crippen molar-refractivity contribution in [1.82, 2.24) is 0 Å². The molecule has 0 bridgehead atoms. The van der Waals surface area contributed by atoms with Gasteiger partial charge < -0.3 is 4.55 Å². The molecule has 1 unspecified atom stereocenters. The summed E-state index contributed by atoms with van der Waals surface area (Å²) < 4.78 is 31.0. The Morgan fingerprint density at radius 3 is 2.05 bits per heavy atom. The van der Waals surface area contributed by atoms with Gasteiger partial charge >= 0.3 is 0 Å². The van der Waals surface area contributed by atoms with Crippen molar-refractivity contribution >= 4 is 28.5 Å². The average molecular weight is 308 g/mol. The van der Waals surface area contributed by atoms with Crippen LogP contribution >= 0.6 is 0 Å². The van der Waals surface area contributed by atoms with E-state index in [0.29, 0.717) is 5.78 Å². The topological polar surface area (TPSA) is 74.3 Å². The molecule has 0 saturated heterocycles. The van der Waals surface area contributed by atoms with E-state index in [1.165, 1.54) is 12.8 Å². The van der Waals surface area contributed by atoms with E-state index < -0.39 is 10.1 Å². The molecular weight excluding hydrogens is 284 g/mol. The van der Waals surface area contributed by atoms with E-state index in [0.717, 1.165) is 44.9 Å². The minimum absolute atomic E-state index is 0.145. The van der Waals surface area contributed by atoms with Crippen LogP contribution in [-0.2, 0) is 27.5 Å². The number of carbonyl (C=O) groups is 1. The quantitative estimate of drug-likeness (QED) is 0.574. The van der Waals surface area contributed by atoms with E-state index in [1.54, 1.807) is 0 Å². The first-order valence-corrected chi connectivity index (χ1v) is 9.21. The number of ketones is 1. The van der Waals surface area contributed by atoms with E-state index in [4.69, 9.17) is 0 Å². The monoisotopic (exact) mass is 308 g/mol. The van der Waals surface area contributed by atoms with Gasteiger partial charge in [0, 0.05) is 18.6 Å². The lowest BCUT2D eigenvalue weighted by atomic mass is 9.91. The first kappa shape index (κ1) is 17.0.